The molecule has 0 aliphatic carbocycles. The Morgan fingerprint density at radius 1 is 1.60 bits per heavy atom. The lowest BCUT2D eigenvalue weighted by molar-refractivity contribution is 0.0967. The van der Waals surface area contributed by atoms with Gasteiger partial charge in [0.25, 0.3) is 5.91 Å². The molecule has 0 atom stereocenters. The molecule has 1 N–H and O–H groups in total. The monoisotopic (exact) mass is 202 g/mol. The highest BCUT2D eigenvalue weighted by atomic mass is 16.3. The molecule has 0 fully saturated rings. The number of hydrogen-bond donors (Lipinski definition) is 1. The topological polar surface area (TPSA) is 55.1 Å². The normalized spacial score (nSPS) is 10.2. The van der Waals surface area contributed by atoms with Gasteiger partial charge in [-0.05, 0) is 19.1 Å². The molecule has 2 aromatic rings. The van der Waals surface area contributed by atoms with Crippen molar-refractivity contribution in [2.45, 2.75) is 6.92 Å². The molecule has 0 saturated heterocycles. The number of carbonyl (C=O) groups is 1. The Kier molecular flexibility index (Phi) is 2.25. The zero-order valence-electron chi connectivity index (χ0n) is 8.28. The van der Waals surface area contributed by atoms with Gasteiger partial charge in [-0.2, -0.15) is 0 Å². The van der Waals surface area contributed by atoms with Gasteiger partial charge in [-0.1, -0.05) is 6.58 Å². The molecule has 0 spiro atoms. The third-order valence-corrected chi connectivity index (χ3v) is 1.92. The Bertz CT molecular complexity index is 528. The van der Waals surface area contributed by atoms with E-state index in [0.29, 0.717) is 22.4 Å². The quantitative estimate of drug-likeness (QED) is 0.811. The van der Waals surface area contributed by atoms with Crippen molar-refractivity contribution in [1.29, 1.82) is 0 Å². The Morgan fingerprint density at radius 3 is 3.13 bits per heavy atom. The van der Waals surface area contributed by atoms with Crippen LogP contribution in [0.5, 0.6) is 0 Å². The van der Waals surface area contributed by atoms with E-state index in [-0.39, 0.29) is 5.91 Å². The van der Waals surface area contributed by atoms with E-state index in [4.69, 9.17) is 4.42 Å². The van der Waals surface area contributed by atoms with Crippen molar-refractivity contribution in [3.8, 4) is 0 Å². The van der Waals surface area contributed by atoms with E-state index in [1.54, 1.807) is 25.3 Å². The van der Waals surface area contributed by atoms with Gasteiger partial charge in [-0.3, -0.25) is 4.79 Å². The number of pyridine rings is 1. The molecule has 15 heavy (non-hydrogen) atoms. The fourth-order valence-electron chi connectivity index (χ4n) is 1.30. The molecule has 0 radical (unpaired) electrons. The molecular weight excluding hydrogens is 192 g/mol. The average Bonchev–Trinajstić information content (AvgIpc) is 2.59. The lowest BCUT2D eigenvalue weighted by Gasteiger charge is -2.00. The number of fused-ring (bicyclic) bond motifs is 1. The number of carbonyl (C=O) groups excluding carboxylic acids is 1. The first-order chi connectivity index (χ1) is 7.18. The predicted molar refractivity (Wildman–Crippen MR) is 56.3 cm³/mol. The van der Waals surface area contributed by atoms with Crippen LogP contribution in [0, 0.1) is 0 Å². The highest BCUT2D eigenvalue weighted by molar-refractivity contribution is 6.05. The molecule has 0 saturated carbocycles. The largest absolute Gasteiger partial charge is 0.445 e. The SMILES string of the molecule is C=C(C)NC(=O)c1coc2ncccc12. The average molecular weight is 202 g/mol. The molecule has 0 aliphatic heterocycles. The minimum absolute atomic E-state index is 0.228. The van der Waals surface area contributed by atoms with Crippen molar-refractivity contribution in [3.63, 3.8) is 0 Å². The Labute approximate surface area is 86.6 Å². The fraction of sp³-hybridized carbons (Fsp3) is 0.0909. The second-order valence-corrected chi connectivity index (χ2v) is 3.24. The number of furan rings is 1. The maximum Gasteiger partial charge on any atom is 0.259 e. The van der Waals surface area contributed by atoms with Crippen LogP contribution in [0.1, 0.15) is 17.3 Å². The Balaban J connectivity index is 2.44. The Hall–Kier alpha value is -2.10. The molecule has 2 aromatic heterocycles. The summed E-state index contributed by atoms with van der Waals surface area (Å²) in [7, 11) is 0. The van der Waals surface area contributed by atoms with Gasteiger partial charge in [-0.25, -0.2) is 4.98 Å². The van der Waals surface area contributed by atoms with Gasteiger partial charge in [0, 0.05) is 11.9 Å². The van der Waals surface area contributed by atoms with Crippen molar-refractivity contribution in [2.75, 3.05) is 0 Å². The highest BCUT2D eigenvalue weighted by Crippen LogP contribution is 2.18. The van der Waals surface area contributed by atoms with Gasteiger partial charge in [0.15, 0.2) is 0 Å². The molecule has 4 nitrogen and oxygen atoms in total. The molecule has 4 heteroatoms. The highest BCUT2D eigenvalue weighted by Gasteiger charge is 2.13. The maximum atomic E-state index is 11.7. The van der Waals surface area contributed by atoms with Crippen LogP contribution in [0.25, 0.3) is 11.1 Å². The van der Waals surface area contributed by atoms with Crippen molar-refractivity contribution in [1.82, 2.24) is 10.3 Å². The van der Waals surface area contributed by atoms with Crippen LogP contribution >= 0.6 is 0 Å². The fourth-order valence-corrected chi connectivity index (χ4v) is 1.30. The van der Waals surface area contributed by atoms with E-state index in [1.165, 1.54) is 6.26 Å². The van der Waals surface area contributed by atoms with Crippen molar-refractivity contribution in [3.05, 3.63) is 42.4 Å². The second kappa shape index (κ2) is 3.57. The Morgan fingerprint density at radius 2 is 2.40 bits per heavy atom. The van der Waals surface area contributed by atoms with Crippen LogP contribution in [0.15, 0.2) is 41.3 Å². The summed E-state index contributed by atoms with van der Waals surface area (Å²) in [6.45, 7) is 5.33. The van der Waals surface area contributed by atoms with Gasteiger partial charge in [-0.15, -0.1) is 0 Å². The number of nitrogens with zero attached hydrogens (tertiary/aromatic N) is 1. The van der Waals surface area contributed by atoms with E-state index in [0.717, 1.165) is 0 Å². The van der Waals surface area contributed by atoms with Gasteiger partial charge >= 0.3 is 0 Å². The molecule has 2 heterocycles. The molecule has 0 unspecified atom stereocenters. The van der Waals surface area contributed by atoms with Crippen LogP contribution in [0.4, 0.5) is 0 Å². The second-order valence-electron chi connectivity index (χ2n) is 3.24. The van der Waals surface area contributed by atoms with Gasteiger partial charge < -0.3 is 9.73 Å². The summed E-state index contributed by atoms with van der Waals surface area (Å²) >= 11 is 0. The first-order valence-electron chi connectivity index (χ1n) is 4.47. The van der Waals surface area contributed by atoms with Crippen molar-refractivity contribution >= 4 is 17.0 Å². The van der Waals surface area contributed by atoms with Gasteiger partial charge in [0.1, 0.15) is 6.26 Å². The number of allylic oxidation sites excluding steroid dienone is 1. The van der Waals surface area contributed by atoms with E-state index in [1.807, 2.05) is 0 Å². The molecule has 76 valence electrons. The molecule has 0 aromatic carbocycles. The standard InChI is InChI=1S/C11H10N2O2/c1-7(2)13-10(14)9-6-15-11-8(9)4-3-5-12-11/h3-6H,1H2,2H3,(H,13,14). The third-order valence-electron chi connectivity index (χ3n) is 1.92. The minimum Gasteiger partial charge on any atom is -0.445 e. The number of aromatic nitrogens is 1. The van der Waals surface area contributed by atoms with E-state index in [2.05, 4.69) is 16.9 Å². The van der Waals surface area contributed by atoms with Gasteiger partial charge in [0.05, 0.1) is 10.9 Å². The summed E-state index contributed by atoms with van der Waals surface area (Å²) in [6, 6.07) is 3.55. The number of hydrogen-bond acceptors (Lipinski definition) is 3. The minimum atomic E-state index is -0.228. The zero-order chi connectivity index (χ0) is 10.8. The molecule has 2 rings (SSSR count). The predicted octanol–water partition coefficient (Wildman–Crippen LogP) is 2.09. The van der Waals surface area contributed by atoms with Crippen LogP contribution in [0.2, 0.25) is 0 Å². The summed E-state index contributed by atoms with van der Waals surface area (Å²) in [6.07, 6.45) is 3.02. The lowest BCUT2D eigenvalue weighted by Crippen LogP contribution is -2.20. The number of rotatable bonds is 2. The number of nitrogens with one attached hydrogen (secondary N) is 1. The van der Waals surface area contributed by atoms with Crippen molar-refractivity contribution < 1.29 is 9.21 Å². The van der Waals surface area contributed by atoms with Crippen LogP contribution in [-0.4, -0.2) is 10.9 Å². The first kappa shape index (κ1) is 9.45. The summed E-state index contributed by atoms with van der Waals surface area (Å²) in [5.41, 5.74) is 1.53. The molecule has 0 bridgehead atoms. The molecule has 1 amide bonds. The first-order valence-corrected chi connectivity index (χ1v) is 4.47. The number of amides is 1. The van der Waals surface area contributed by atoms with Crippen LogP contribution < -0.4 is 5.32 Å². The molecular formula is C11H10N2O2. The summed E-state index contributed by atoms with van der Waals surface area (Å²) < 4.78 is 5.15. The lowest BCUT2D eigenvalue weighted by atomic mass is 10.2. The summed E-state index contributed by atoms with van der Waals surface area (Å²) in [5, 5.41) is 3.32. The zero-order valence-corrected chi connectivity index (χ0v) is 8.28. The van der Waals surface area contributed by atoms with E-state index >= 15 is 0 Å². The molecule has 0 aliphatic rings. The van der Waals surface area contributed by atoms with Crippen LogP contribution in [0.3, 0.4) is 0 Å². The van der Waals surface area contributed by atoms with E-state index in [9.17, 15) is 4.79 Å². The summed E-state index contributed by atoms with van der Waals surface area (Å²) in [5.74, 6) is -0.228. The van der Waals surface area contributed by atoms with Crippen molar-refractivity contribution in [2.24, 2.45) is 0 Å². The van der Waals surface area contributed by atoms with Crippen LogP contribution in [-0.2, 0) is 0 Å². The van der Waals surface area contributed by atoms with E-state index < -0.39 is 0 Å². The third kappa shape index (κ3) is 1.74. The van der Waals surface area contributed by atoms with Gasteiger partial charge in [0.2, 0.25) is 5.71 Å². The summed E-state index contributed by atoms with van der Waals surface area (Å²) in [4.78, 5) is 15.7. The maximum absolute atomic E-state index is 11.7. The smallest absolute Gasteiger partial charge is 0.259 e.